The number of carbonyl (C=O) groups is 2. The number of ketones is 1. The third-order valence-electron chi connectivity index (χ3n) is 4.39. The predicted molar refractivity (Wildman–Crippen MR) is 92.1 cm³/mol. The Hall–Kier alpha value is -2.70. The van der Waals surface area contributed by atoms with E-state index in [2.05, 4.69) is 0 Å². The molecular weight excluding hydrogens is 326 g/mol. The molecule has 7 nitrogen and oxygen atoms in total. The van der Waals surface area contributed by atoms with Crippen LogP contribution in [0.25, 0.3) is 5.76 Å². The molecule has 0 radical (unpaired) electrons. The highest BCUT2D eigenvalue weighted by molar-refractivity contribution is 6.29. The average molecular weight is 349 g/mol. The number of ether oxygens (including phenoxy) is 3. The fourth-order valence-electron chi connectivity index (χ4n) is 2.73. The maximum Gasteiger partial charge on any atom is 0.262 e. The van der Waals surface area contributed by atoms with E-state index in [1.807, 2.05) is 13.8 Å². The summed E-state index contributed by atoms with van der Waals surface area (Å²) in [5.74, 6) is -0.287. The first-order chi connectivity index (χ1) is 11.9. The van der Waals surface area contributed by atoms with Crippen molar-refractivity contribution in [3.8, 4) is 17.2 Å². The number of hydrogen-bond acceptors (Lipinski definition) is 6. The normalized spacial score (nSPS) is 17.6. The number of aliphatic hydroxyl groups excluding tert-OH is 1. The minimum absolute atomic E-state index is 0.0389. The Labute approximate surface area is 146 Å². The van der Waals surface area contributed by atoms with Crippen LogP contribution in [0.15, 0.2) is 17.7 Å². The third-order valence-corrected chi connectivity index (χ3v) is 4.39. The number of amides is 1. The van der Waals surface area contributed by atoms with Crippen LogP contribution in [-0.4, -0.2) is 55.6 Å². The lowest BCUT2D eigenvalue weighted by Gasteiger charge is -2.21. The van der Waals surface area contributed by atoms with Gasteiger partial charge in [0.2, 0.25) is 0 Å². The van der Waals surface area contributed by atoms with Crippen LogP contribution in [0, 0.1) is 0 Å². The van der Waals surface area contributed by atoms with E-state index in [1.54, 1.807) is 0 Å². The Morgan fingerprint density at radius 1 is 1.12 bits per heavy atom. The molecule has 1 aliphatic rings. The summed E-state index contributed by atoms with van der Waals surface area (Å²) in [4.78, 5) is 26.4. The van der Waals surface area contributed by atoms with Gasteiger partial charge in [-0.15, -0.1) is 0 Å². The maximum atomic E-state index is 12.6. The van der Waals surface area contributed by atoms with E-state index < -0.39 is 17.4 Å². The minimum atomic E-state index is -0.478. The lowest BCUT2D eigenvalue weighted by molar-refractivity contribution is -0.126. The van der Waals surface area contributed by atoms with Crippen LogP contribution in [0.1, 0.15) is 25.8 Å². The van der Waals surface area contributed by atoms with Gasteiger partial charge in [-0.05, 0) is 19.4 Å². The number of Topliss-reactive ketones (excluding diaryl/α,β-unsaturated/α-hetero) is 1. The Morgan fingerprint density at radius 3 is 2.20 bits per heavy atom. The summed E-state index contributed by atoms with van der Waals surface area (Å²) in [6, 6.07) is 2.92. The zero-order valence-electron chi connectivity index (χ0n) is 15.1. The largest absolute Gasteiger partial charge is 0.506 e. The molecule has 0 spiro atoms. The zero-order chi connectivity index (χ0) is 18.7. The van der Waals surface area contributed by atoms with E-state index >= 15 is 0 Å². The van der Waals surface area contributed by atoms with Crippen molar-refractivity contribution < 1.29 is 28.9 Å². The third kappa shape index (κ3) is 3.26. The van der Waals surface area contributed by atoms with E-state index in [0.29, 0.717) is 17.9 Å². The molecule has 1 amide bonds. The lowest BCUT2D eigenvalue weighted by atomic mass is 10.0. The van der Waals surface area contributed by atoms with E-state index in [4.69, 9.17) is 14.2 Å². The van der Waals surface area contributed by atoms with E-state index in [0.717, 1.165) is 0 Å². The summed E-state index contributed by atoms with van der Waals surface area (Å²) in [6.45, 7) is 3.76. The zero-order valence-corrected chi connectivity index (χ0v) is 15.1. The number of aliphatic hydroxyl groups is 1. The molecule has 136 valence electrons. The number of carbonyl (C=O) groups excluding carboxylic acids is 2. The SMILES string of the molecule is CCC(C)N1CC(=O)/C(=C(/O)c2cc(OC)c(OC)cc2OC)C1=O. The van der Waals surface area contributed by atoms with Crippen LogP contribution in [0.3, 0.4) is 0 Å². The van der Waals surface area contributed by atoms with Crippen molar-refractivity contribution in [3.05, 3.63) is 23.3 Å². The number of methoxy groups -OCH3 is 3. The van der Waals surface area contributed by atoms with E-state index in [9.17, 15) is 14.7 Å². The molecule has 2 rings (SSSR count). The van der Waals surface area contributed by atoms with Gasteiger partial charge in [-0.25, -0.2) is 0 Å². The van der Waals surface area contributed by atoms with Crippen molar-refractivity contribution in [1.29, 1.82) is 0 Å². The van der Waals surface area contributed by atoms with Gasteiger partial charge < -0.3 is 24.2 Å². The lowest BCUT2D eigenvalue weighted by Crippen LogP contribution is -2.34. The first-order valence-electron chi connectivity index (χ1n) is 7.97. The molecule has 0 aromatic heterocycles. The van der Waals surface area contributed by atoms with Gasteiger partial charge in [-0.2, -0.15) is 0 Å². The second-order valence-electron chi connectivity index (χ2n) is 5.74. The van der Waals surface area contributed by atoms with Gasteiger partial charge in [0.05, 0.1) is 33.4 Å². The van der Waals surface area contributed by atoms with Gasteiger partial charge in [-0.3, -0.25) is 9.59 Å². The van der Waals surface area contributed by atoms with Crippen LogP contribution < -0.4 is 14.2 Å². The van der Waals surface area contributed by atoms with Crippen molar-refractivity contribution in [2.24, 2.45) is 0 Å². The number of likely N-dealkylation sites (tertiary alicyclic amines) is 1. The smallest absolute Gasteiger partial charge is 0.262 e. The molecule has 1 N–H and O–H groups in total. The predicted octanol–water partition coefficient (Wildman–Crippen LogP) is 2.19. The van der Waals surface area contributed by atoms with E-state index in [1.165, 1.54) is 38.4 Å². The molecule has 1 atom stereocenters. The summed E-state index contributed by atoms with van der Waals surface area (Å²) in [5.41, 5.74) is -0.0336. The van der Waals surface area contributed by atoms with Crippen molar-refractivity contribution in [1.82, 2.24) is 4.90 Å². The van der Waals surface area contributed by atoms with Crippen molar-refractivity contribution in [2.45, 2.75) is 26.3 Å². The summed E-state index contributed by atoms with van der Waals surface area (Å²) < 4.78 is 15.7. The Morgan fingerprint density at radius 2 is 1.68 bits per heavy atom. The van der Waals surface area contributed by atoms with Gasteiger partial charge in [0.25, 0.3) is 5.91 Å². The molecule has 1 saturated heterocycles. The first kappa shape index (κ1) is 18.6. The van der Waals surface area contributed by atoms with Gasteiger partial charge in [0.1, 0.15) is 17.1 Å². The van der Waals surface area contributed by atoms with Gasteiger partial charge in [-0.1, -0.05) is 6.92 Å². The molecule has 25 heavy (non-hydrogen) atoms. The van der Waals surface area contributed by atoms with Crippen molar-refractivity contribution >= 4 is 17.4 Å². The van der Waals surface area contributed by atoms with Crippen LogP contribution in [0.2, 0.25) is 0 Å². The van der Waals surface area contributed by atoms with Crippen LogP contribution in [0.5, 0.6) is 17.2 Å². The molecule has 1 fully saturated rings. The van der Waals surface area contributed by atoms with Gasteiger partial charge in [0.15, 0.2) is 17.3 Å². The fraction of sp³-hybridized carbons (Fsp3) is 0.444. The van der Waals surface area contributed by atoms with Gasteiger partial charge >= 0.3 is 0 Å². The molecule has 1 aliphatic heterocycles. The topological polar surface area (TPSA) is 85.3 Å². The molecule has 0 saturated carbocycles. The summed E-state index contributed by atoms with van der Waals surface area (Å²) in [7, 11) is 4.35. The average Bonchev–Trinajstić information content (AvgIpc) is 2.93. The van der Waals surface area contributed by atoms with E-state index in [-0.39, 0.29) is 29.5 Å². The summed E-state index contributed by atoms with van der Waals surface area (Å²) in [5, 5.41) is 10.7. The minimum Gasteiger partial charge on any atom is -0.506 e. The Bertz CT molecular complexity index is 725. The second kappa shape index (κ2) is 7.46. The maximum absolute atomic E-state index is 12.6. The molecule has 1 aromatic carbocycles. The van der Waals surface area contributed by atoms with Crippen molar-refractivity contribution in [2.75, 3.05) is 27.9 Å². The molecule has 0 aliphatic carbocycles. The molecule has 7 heteroatoms. The number of nitrogens with zero attached hydrogens (tertiary/aromatic N) is 1. The molecule has 1 heterocycles. The quantitative estimate of drug-likeness (QED) is 0.481. The molecular formula is C18H23NO6. The monoisotopic (exact) mass is 349 g/mol. The molecule has 0 bridgehead atoms. The van der Waals surface area contributed by atoms with Crippen LogP contribution >= 0.6 is 0 Å². The highest BCUT2D eigenvalue weighted by Gasteiger charge is 2.39. The van der Waals surface area contributed by atoms with Crippen LogP contribution in [-0.2, 0) is 9.59 Å². The first-order valence-corrected chi connectivity index (χ1v) is 7.97. The van der Waals surface area contributed by atoms with Crippen LogP contribution in [0.4, 0.5) is 0 Å². The fourth-order valence-corrected chi connectivity index (χ4v) is 2.73. The molecule has 1 unspecified atom stereocenters. The highest BCUT2D eigenvalue weighted by Crippen LogP contribution is 2.39. The number of hydrogen-bond donors (Lipinski definition) is 1. The summed E-state index contributed by atoms with van der Waals surface area (Å²) in [6.07, 6.45) is 0.715. The van der Waals surface area contributed by atoms with Crippen molar-refractivity contribution in [3.63, 3.8) is 0 Å². The molecule has 1 aromatic rings. The Balaban J connectivity index is 2.59. The highest BCUT2D eigenvalue weighted by atomic mass is 16.5. The second-order valence-corrected chi connectivity index (χ2v) is 5.74. The standard InChI is InChI=1S/C18H23NO6/c1-6-10(2)19-9-12(20)16(18(19)22)17(21)11-7-14(24-4)15(25-5)8-13(11)23-3/h7-8,10,21H,6,9H2,1-5H3/b17-16-. The van der Waals surface area contributed by atoms with Gasteiger partial charge in [0, 0.05) is 12.1 Å². The number of benzene rings is 1. The Kier molecular flexibility index (Phi) is 5.56. The number of rotatable bonds is 6. The summed E-state index contributed by atoms with van der Waals surface area (Å²) >= 11 is 0.